The molecule has 1 aromatic carbocycles. The molecule has 7 heteroatoms. The number of nitrogens with one attached hydrogen (secondary N) is 1. The van der Waals surface area contributed by atoms with Crippen molar-refractivity contribution in [2.75, 3.05) is 13.1 Å². The number of carbonyl (C=O) groups is 1. The van der Waals surface area contributed by atoms with Crippen LogP contribution in [0.3, 0.4) is 0 Å². The highest BCUT2D eigenvalue weighted by Gasteiger charge is 2.27. The second-order valence-electron chi connectivity index (χ2n) is 5.96. The number of benzene rings is 1. The number of hydrogen-bond acceptors (Lipinski definition) is 6. The van der Waals surface area contributed by atoms with Gasteiger partial charge >= 0.3 is 0 Å². The van der Waals surface area contributed by atoms with Gasteiger partial charge in [-0.15, -0.1) is 11.3 Å². The van der Waals surface area contributed by atoms with Crippen molar-refractivity contribution < 1.29 is 4.79 Å². The van der Waals surface area contributed by atoms with Gasteiger partial charge in [0, 0.05) is 23.2 Å². The van der Waals surface area contributed by atoms with Crippen LogP contribution in [-0.2, 0) is 11.3 Å². The Morgan fingerprint density at radius 1 is 1.36 bits per heavy atom. The minimum atomic E-state index is 0.0189. The van der Waals surface area contributed by atoms with Crippen LogP contribution in [0.2, 0.25) is 0 Å². The topological polar surface area (TPSA) is 57.6 Å². The number of carbonyl (C=O) groups excluding carboxylic acids is 1. The number of aromatic nitrogens is 1. The number of aliphatic imine (C=N–C) groups is 1. The second kappa shape index (κ2) is 7.01. The molecule has 1 amide bonds. The van der Waals surface area contributed by atoms with E-state index < -0.39 is 0 Å². The van der Waals surface area contributed by atoms with Gasteiger partial charge in [0.15, 0.2) is 5.17 Å². The first-order chi connectivity index (χ1) is 12.2. The van der Waals surface area contributed by atoms with Gasteiger partial charge < -0.3 is 10.2 Å². The molecule has 0 unspecified atom stereocenters. The summed E-state index contributed by atoms with van der Waals surface area (Å²) in [6.07, 6.45) is 0.390. The van der Waals surface area contributed by atoms with Crippen molar-refractivity contribution in [1.82, 2.24) is 15.2 Å². The predicted molar refractivity (Wildman–Crippen MR) is 103 cm³/mol. The molecule has 4 rings (SSSR count). The van der Waals surface area contributed by atoms with Crippen LogP contribution in [0.5, 0.6) is 0 Å². The summed E-state index contributed by atoms with van der Waals surface area (Å²) < 4.78 is 0. The normalized spacial score (nSPS) is 15.8. The summed E-state index contributed by atoms with van der Waals surface area (Å²) in [4.78, 5) is 23.4. The Hall–Kier alpha value is -2.12. The molecule has 5 nitrogen and oxygen atoms in total. The van der Waals surface area contributed by atoms with Crippen LogP contribution in [-0.4, -0.2) is 34.0 Å². The van der Waals surface area contributed by atoms with E-state index in [1.807, 2.05) is 22.9 Å². The van der Waals surface area contributed by atoms with Crippen LogP contribution in [0.1, 0.15) is 17.7 Å². The van der Waals surface area contributed by atoms with Crippen molar-refractivity contribution in [3.8, 4) is 10.6 Å². The first kappa shape index (κ1) is 16.4. The number of hydrogen-bond donors (Lipinski definition) is 1. The molecule has 25 heavy (non-hydrogen) atoms. The Bertz CT molecular complexity index is 871. The van der Waals surface area contributed by atoms with Crippen LogP contribution < -0.4 is 5.32 Å². The third-order valence-corrected chi connectivity index (χ3v) is 6.06. The molecular formula is C18H18N4OS2. The summed E-state index contributed by atoms with van der Waals surface area (Å²) in [7, 11) is 0. The van der Waals surface area contributed by atoms with Crippen LogP contribution in [0.4, 0.5) is 0 Å². The number of thiazole rings is 1. The van der Waals surface area contributed by atoms with E-state index in [9.17, 15) is 4.79 Å². The Morgan fingerprint density at radius 2 is 2.24 bits per heavy atom. The monoisotopic (exact) mass is 370 g/mol. The fourth-order valence-corrected chi connectivity index (χ4v) is 4.72. The average molecular weight is 371 g/mol. The molecule has 2 aliphatic rings. The summed E-state index contributed by atoms with van der Waals surface area (Å²) in [5.41, 5.74) is 4.30. The minimum absolute atomic E-state index is 0.0189. The van der Waals surface area contributed by atoms with E-state index in [1.54, 1.807) is 23.1 Å². The van der Waals surface area contributed by atoms with Crippen molar-refractivity contribution in [3.05, 3.63) is 52.0 Å². The van der Waals surface area contributed by atoms with E-state index in [1.165, 1.54) is 5.56 Å². The molecule has 0 saturated heterocycles. The van der Waals surface area contributed by atoms with Gasteiger partial charge in [-0.25, -0.2) is 4.98 Å². The first-order valence-corrected chi connectivity index (χ1v) is 9.91. The summed E-state index contributed by atoms with van der Waals surface area (Å²) in [6.45, 7) is 4.25. The highest BCUT2D eigenvalue weighted by Crippen LogP contribution is 2.31. The quantitative estimate of drug-likeness (QED) is 0.877. The highest BCUT2D eigenvalue weighted by molar-refractivity contribution is 8.16. The number of thioether (sulfide) groups is 1. The van der Waals surface area contributed by atoms with Gasteiger partial charge in [-0.05, 0) is 17.9 Å². The molecule has 1 N–H and O–H groups in total. The van der Waals surface area contributed by atoms with Gasteiger partial charge in [0.05, 0.1) is 25.2 Å². The van der Waals surface area contributed by atoms with Gasteiger partial charge in [0.25, 0.3) is 0 Å². The largest absolute Gasteiger partial charge is 0.350 e. The fraction of sp³-hybridized carbons (Fsp3) is 0.278. The standard InChI is InChI=1S/C18H18N4OS2/c1-12-4-2-3-5-15(12)17-21-13(10-24-17)9-20-16(23)8-14-11-25-18-19-6-7-22(14)18/h2-5,10-11H,6-9H2,1H3,(H,20,23). The van der Waals surface area contributed by atoms with Crippen molar-refractivity contribution in [1.29, 1.82) is 0 Å². The molecule has 1 aromatic heterocycles. The van der Waals surface area contributed by atoms with Gasteiger partial charge in [-0.1, -0.05) is 36.0 Å². The zero-order valence-electron chi connectivity index (χ0n) is 13.9. The maximum atomic E-state index is 12.2. The second-order valence-corrected chi connectivity index (χ2v) is 7.65. The van der Waals surface area contributed by atoms with E-state index >= 15 is 0 Å². The van der Waals surface area contributed by atoms with Crippen molar-refractivity contribution in [2.24, 2.45) is 4.99 Å². The Labute approximate surface area is 154 Å². The lowest BCUT2D eigenvalue weighted by atomic mass is 10.1. The number of nitrogens with zero attached hydrogens (tertiary/aromatic N) is 3. The lowest BCUT2D eigenvalue weighted by Gasteiger charge is -2.15. The molecule has 0 radical (unpaired) electrons. The van der Waals surface area contributed by atoms with E-state index in [-0.39, 0.29) is 5.91 Å². The van der Waals surface area contributed by atoms with Crippen LogP contribution in [0.25, 0.3) is 10.6 Å². The smallest absolute Gasteiger partial charge is 0.226 e. The average Bonchev–Trinajstić information content (AvgIpc) is 3.32. The maximum absolute atomic E-state index is 12.2. The third-order valence-electron chi connectivity index (χ3n) is 4.18. The maximum Gasteiger partial charge on any atom is 0.226 e. The lowest BCUT2D eigenvalue weighted by molar-refractivity contribution is -0.120. The molecule has 0 fully saturated rings. The van der Waals surface area contributed by atoms with E-state index in [2.05, 4.69) is 39.2 Å². The van der Waals surface area contributed by atoms with Crippen LogP contribution in [0.15, 0.2) is 45.7 Å². The summed E-state index contributed by atoms with van der Waals surface area (Å²) in [5, 5.41) is 9.02. The Kier molecular flexibility index (Phi) is 4.59. The number of amides is 1. The zero-order chi connectivity index (χ0) is 17.2. The number of aryl methyl sites for hydroxylation is 1. The summed E-state index contributed by atoms with van der Waals surface area (Å²) in [6, 6.07) is 8.21. The van der Waals surface area contributed by atoms with Gasteiger partial charge in [-0.2, -0.15) is 0 Å². The molecule has 0 saturated carbocycles. The van der Waals surface area contributed by atoms with Crippen LogP contribution >= 0.6 is 23.1 Å². The van der Waals surface area contributed by atoms with E-state index in [0.29, 0.717) is 13.0 Å². The molecule has 0 aliphatic carbocycles. The Morgan fingerprint density at radius 3 is 3.12 bits per heavy atom. The first-order valence-electron chi connectivity index (χ1n) is 8.15. The zero-order valence-corrected chi connectivity index (χ0v) is 15.5. The number of rotatable bonds is 5. The third kappa shape index (κ3) is 3.48. The highest BCUT2D eigenvalue weighted by atomic mass is 32.2. The molecule has 0 bridgehead atoms. The minimum Gasteiger partial charge on any atom is -0.350 e. The molecular weight excluding hydrogens is 352 g/mol. The number of amidine groups is 1. The molecule has 2 aromatic rings. The van der Waals surface area contributed by atoms with Crippen molar-refractivity contribution in [3.63, 3.8) is 0 Å². The molecule has 0 atom stereocenters. The summed E-state index contributed by atoms with van der Waals surface area (Å²) >= 11 is 3.22. The molecule has 2 aliphatic heterocycles. The van der Waals surface area contributed by atoms with Gasteiger partial charge in [-0.3, -0.25) is 9.79 Å². The SMILES string of the molecule is Cc1ccccc1-c1nc(CNC(=O)CC2=CSC3=NCCN23)cs1. The van der Waals surface area contributed by atoms with Gasteiger partial charge in [0.1, 0.15) is 5.01 Å². The van der Waals surface area contributed by atoms with E-state index in [0.717, 1.165) is 40.2 Å². The molecule has 128 valence electrons. The lowest BCUT2D eigenvalue weighted by Crippen LogP contribution is -2.28. The van der Waals surface area contributed by atoms with Crippen molar-refractivity contribution in [2.45, 2.75) is 19.9 Å². The predicted octanol–water partition coefficient (Wildman–Crippen LogP) is 3.38. The molecule has 0 spiro atoms. The number of fused-ring (bicyclic) bond motifs is 1. The van der Waals surface area contributed by atoms with Gasteiger partial charge in [0.2, 0.25) is 5.91 Å². The fourth-order valence-electron chi connectivity index (χ4n) is 2.86. The van der Waals surface area contributed by atoms with Crippen molar-refractivity contribution >= 4 is 34.2 Å². The summed E-state index contributed by atoms with van der Waals surface area (Å²) in [5.74, 6) is 0.0189. The van der Waals surface area contributed by atoms with Crippen LogP contribution in [0, 0.1) is 6.92 Å². The Balaban J connectivity index is 1.34. The van der Waals surface area contributed by atoms with E-state index in [4.69, 9.17) is 0 Å². The molecule has 3 heterocycles.